The molecule has 1 heterocycles. The number of rotatable bonds is 2. The average molecular weight is 269 g/mol. The van der Waals surface area contributed by atoms with E-state index in [1.807, 2.05) is 24.3 Å². The molecular formula is C15H12FN3O. The van der Waals surface area contributed by atoms with Crippen molar-refractivity contribution in [1.29, 1.82) is 0 Å². The van der Waals surface area contributed by atoms with Crippen molar-refractivity contribution in [3.8, 4) is 17.1 Å². The van der Waals surface area contributed by atoms with Crippen LogP contribution in [0.4, 0.5) is 10.2 Å². The summed E-state index contributed by atoms with van der Waals surface area (Å²) in [5.41, 5.74) is 7.11. The number of fused-ring (bicyclic) bond motifs is 1. The van der Waals surface area contributed by atoms with Crippen LogP contribution in [0.15, 0.2) is 42.5 Å². The highest BCUT2D eigenvalue weighted by molar-refractivity contribution is 5.89. The Bertz CT molecular complexity index is 789. The molecule has 2 aromatic carbocycles. The van der Waals surface area contributed by atoms with Gasteiger partial charge in [0.25, 0.3) is 0 Å². The lowest BCUT2D eigenvalue weighted by molar-refractivity contribution is 0.416. The number of nitrogens with zero attached hydrogens (tertiary/aromatic N) is 2. The van der Waals surface area contributed by atoms with Crippen LogP contribution in [0.5, 0.6) is 5.75 Å². The van der Waals surface area contributed by atoms with E-state index in [0.29, 0.717) is 33.9 Å². The van der Waals surface area contributed by atoms with Crippen LogP contribution in [-0.2, 0) is 0 Å². The summed E-state index contributed by atoms with van der Waals surface area (Å²) in [6.45, 7) is 0. The first-order valence-electron chi connectivity index (χ1n) is 6.05. The van der Waals surface area contributed by atoms with Crippen molar-refractivity contribution in [3.05, 3.63) is 48.3 Å². The molecule has 5 heteroatoms. The van der Waals surface area contributed by atoms with Gasteiger partial charge in [-0.3, -0.25) is 0 Å². The normalized spacial score (nSPS) is 10.7. The SMILES string of the molecule is COc1ccccc1-c1nc(N)c2ccc(F)cc2n1. The third-order valence-corrected chi connectivity index (χ3v) is 3.04. The fourth-order valence-corrected chi connectivity index (χ4v) is 2.08. The number of ether oxygens (including phenoxy) is 1. The number of aromatic nitrogens is 2. The van der Waals surface area contributed by atoms with E-state index in [2.05, 4.69) is 9.97 Å². The summed E-state index contributed by atoms with van der Waals surface area (Å²) >= 11 is 0. The summed E-state index contributed by atoms with van der Waals surface area (Å²) in [6.07, 6.45) is 0. The number of nitrogen functional groups attached to an aromatic ring is 1. The summed E-state index contributed by atoms with van der Waals surface area (Å²) in [5.74, 6) is 1.01. The van der Waals surface area contributed by atoms with Gasteiger partial charge in [-0.25, -0.2) is 14.4 Å². The lowest BCUT2D eigenvalue weighted by Gasteiger charge is -2.09. The van der Waals surface area contributed by atoms with Gasteiger partial charge in [-0.1, -0.05) is 12.1 Å². The molecule has 0 fully saturated rings. The predicted octanol–water partition coefficient (Wildman–Crippen LogP) is 3.03. The van der Waals surface area contributed by atoms with Crippen molar-refractivity contribution in [1.82, 2.24) is 9.97 Å². The van der Waals surface area contributed by atoms with E-state index in [4.69, 9.17) is 10.5 Å². The van der Waals surface area contributed by atoms with Gasteiger partial charge < -0.3 is 10.5 Å². The Hall–Kier alpha value is -2.69. The topological polar surface area (TPSA) is 61.0 Å². The van der Waals surface area contributed by atoms with Crippen molar-refractivity contribution >= 4 is 16.7 Å². The van der Waals surface area contributed by atoms with Crippen LogP contribution < -0.4 is 10.5 Å². The third-order valence-electron chi connectivity index (χ3n) is 3.04. The standard InChI is InChI=1S/C15H12FN3O/c1-20-13-5-3-2-4-11(13)15-18-12-8-9(16)6-7-10(12)14(17)19-15/h2-8H,1H3,(H2,17,18,19). The Morgan fingerprint density at radius 3 is 2.70 bits per heavy atom. The number of hydrogen-bond donors (Lipinski definition) is 1. The quantitative estimate of drug-likeness (QED) is 0.776. The van der Waals surface area contributed by atoms with Crippen molar-refractivity contribution in [2.75, 3.05) is 12.8 Å². The number of para-hydroxylation sites is 1. The number of benzene rings is 2. The Morgan fingerprint density at radius 2 is 1.90 bits per heavy atom. The Balaban J connectivity index is 2.26. The van der Waals surface area contributed by atoms with Gasteiger partial charge >= 0.3 is 0 Å². The van der Waals surface area contributed by atoms with Crippen LogP contribution in [0.3, 0.4) is 0 Å². The zero-order chi connectivity index (χ0) is 14.1. The van der Waals surface area contributed by atoms with E-state index >= 15 is 0 Å². The zero-order valence-electron chi connectivity index (χ0n) is 10.8. The fraction of sp³-hybridized carbons (Fsp3) is 0.0667. The fourth-order valence-electron chi connectivity index (χ4n) is 2.08. The molecule has 0 bridgehead atoms. The van der Waals surface area contributed by atoms with Gasteiger partial charge in [-0.2, -0.15) is 0 Å². The molecule has 0 saturated heterocycles. The van der Waals surface area contributed by atoms with Crippen molar-refractivity contribution in [3.63, 3.8) is 0 Å². The molecule has 0 unspecified atom stereocenters. The Kier molecular flexibility index (Phi) is 2.95. The van der Waals surface area contributed by atoms with Gasteiger partial charge in [-0.05, 0) is 24.3 Å². The van der Waals surface area contributed by atoms with Crippen molar-refractivity contribution < 1.29 is 9.13 Å². The molecular weight excluding hydrogens is 257 g/mol. The maximum Gasteiger partial charge on any atom is 0.165 e. The summed E-state index contributed by atoms with van der Waals surface area (Å²) in [4.78, 5) is 8.64. The average Bonchev–Trinajstić information content (AvgIpc) is 2.46. The van der Waals surface area contributed by atoms with Crippen LogP contribution in [0.25, 0.3) is 22.3 Å². The van der Waals surface area contributed by atoms with Gasteiger partial charge in [0.05, 0.1) is 18.2 Å². The molecule has 0 radical (unpaired) electrons. The minimum absolute atomic E-state index is 0.316. The predicted molar refractivity (Wildman–Crippen MR) is 75.9 cm³/mol. The molecule has 2 N–H and O–H groups in total. The number of anilines is 1. The molecule has 3 rings (SSSR count). The minimum atomic E-state index is -0.360. The van der Waals surface area contributed by atoms with Gasteiger partial charge in [0.1, 0.15) is 17.4 Å². The third kappa shape index (κ3) is 2.03. The molecule has 20 heavy (non-hydrogen) atoms. The van der Waals surface area contributed by atoms with Gasteiger partial charge in [-0.15, -0.1) is 0 Å². The number of methoxy groups -OCH3 is 1. The lowest BCUT2D eigenvalue weighted by Crippen LogP contribution is -1.99. The second kappa shape index (κ2) is 4.77. The molecule has 0 amide bonds. The number of hydrogen-bond acceptors (Lipinski definition) is 4. The Labute approximate surface area is 115 Å². The molecule has 3 aromatic rings. The molecule has 1 aromatic heterocycles. The second-order valence-corrected chi connectivity index (χ2v) is 4.29. The molecule has 0 atom stereocenters. The van der Waals surface area contributed by atoms with Crippen LogP contribution >= 0.6 is 0 Å². The van der Waals surface area contributed by atoms with Crippen LogP contribution in [0.1, 0.15) is 0 Å². The van der Waals surface area contributed by atoms with Gasteiger partial charge in [0, 0.05) is 11.5 Å². The van der Waals surface area contributed by atoms with E-state index in [0.717, 1.165) is 0 Å². The minimum Gasteiger partial charge on any atom is -0.496 e. The summed E-state index contributed by atoms with van der Waals surface area (Å²) < 4.78 is 18.6. The molecule has 100 valence electrons. The first-order valence-corrected chi connectivity index (χ1v) is 6.05. The van der Waals surface area contributed by atoms with E-state index in [9.17, 15) is 4.39 Å². The highest BCUT2D eigenvalue weighted by atomic mass is 19.1. The van der Waals surface area contributed by atoms with E-state index < -0.39 is 0 Å². The van der Waals surface area contributed by atoms with Crippen molar-refractivity contribution in [2.24, 2.45) is 0 Å². The summed E-state index contributed by atoms with van der Waals surface area (Å²) in [5, 5.41) is 0.630. The van der Waals surface area contributed by atoms with Crippen molar-refractivity contribution in [2.45, 2.75) is 0 Å². The van der Waals surface area contributed by atoms with Gasteiger partial charge in [0.15, 0.2) is 5.82 Å². The van der Waals surface area contributed by atoms with Crippen LogP contribution in [0, 0.1) is 5.82 Å². The first kappa shape index (κ1) is 12.3. The Morgan fingerprint density at radius 1 is 1.10 bits per heavy atom. The molecule has 0 aliphatic rings. The largest absolute Gasteiger partial charge is 0.496 e. The highest BCUT2D eigenvalue weighted by Crippen LogP contribution is 2.29. The first-order chi connectivity index (χ1) is 9.69. The van der Waals surface area contributed by atoms with Crippen LogP contribution in [-0.4, -0.2) is 17.1 Å². The van der Waals surface area contributed by atoms with E-state index in [-0.39, 0.29) is 5.82 Å². The maximum atomic E-state index is 13.3. The zero-order valence-corrected chi connectivity index (χ0v) is 10.8. The number of halogens is 1. The smallest absolute Gasteiger partial charge is 0.165 e. The summed E-state index contributed by atoms with van der Waals surface area (Å²) in [6, 6.07) is 11.6. The van der Waals surface area contributed by atoms with E-state index in [1.165, 1.54) is 12.1 Å². The van der Waals surface area contributed by atoms with E-state index in [1.54, 1.807) is 13.2 Å². The maximum absolute atomic E-state index is 13.3. The molecule has 0 saturated carbocycles. The van der Waals surface area contributed by atoms with Crippen LogP contribution in [0.2, 0.25) is 0 Å². The van der Waals surface area contributed by atoms with Gasteiger partial charge in [0.2, 0.25) is 0 Å². The second-order valence-electron chi connectivity index (χ2n) is 4.29. The molecule has 0 spiro atoms. The number of nitrogens with two attached hydrogens (primary N) is 1. The summed E-state index contributed by atoms with van der Waals surface area (Å²) in [7, 11) is 1.57. The molecule has 0 aliphatic carbocycles. The lowest BCUT2D eigenvalue weighted by atomic mass is 10.1. The highest BCUT2D eigenvalue weighted by Gasteiger charge is 2.11. The molecule has 0 aliphatic heterocycles. The monoisotopic (exact) mass is 269 g/mol. The molecule has 4 nitrogen and oxygen atoms in total.